The maximum Gasteiger partial charge on any atom is 0.140 e. The van der Waals surface area contributed by atoms with Crippen LogP contribution in [0.2, 0.25) is 0 Å². The molecule has 3 rings (SSSR count). The first kappa shape index (κ1) is 15.5. The lowest BCUT2D eigenvalue weighted by molar-refractivity contribution is 0.647. The van der Waals surface area contributed by atoms with Gasteiger partial charge in [-0.3, -0.25) is 0 Å². The van der Waals surface area contributed by atoms with Crippen molar-refractivity contribution >= 4 is 0 Å². The van der Waals surface area contributed by atoms with Gasteiger partial charge in [0.15, 0.2) is 0 Å². The zero-order chi connectivity index (χ0) is 16.1. The van der Waals surface area contributed by atoms with E-state index in [1.807, 2.05) is 0 Å². The van der Waals surface area contributed by atoms with Gasteiger partial charge in [-0.1, -0.05) is 80.9 Å². The molecule has 0 saturated carbocycles. The van der Waals surface area contributed by atoms with Crippen LogP contribution in [-0.4, -0.2) is 9.55 Å². The Morgan fingerprint density at radius 1 is 0.783 bits per heavy atom. The summed E-state index contributed by atoms with van der Waals surface area (Å²) >= 11 is 0. The Morgan fingerprint density at radius 3 is 1.96 bits per heavy atom. The van der Waals surface area contributed by atoms with E-state index in [0.717, 1.165) is 37.3 Å². The summed E-state index contributed by atoms with van der Waals surface area (Å²) in [5, 5.41) is 0. The van der Waals surface area contributed by atoms with Gasteiger partial charge < -0.3 is 4.57 Å². The Hall–Kier alpha value is -2.35. The molecule has 3 aromatic rings. The van der Waals surface area contributed by atoms with Crippen LogP contribution in [0.5, 0.6) is 0 Å². The van der Waals surface area contributed by atoms with E-state index in [1.54, 1.807) is 0 Å². The van der Waals surface area contributed by atoms with E-state index in [-0.39, 0.29) is 0 Å². The average molecular weight is 304 g/mol. The van der Waals surface area contributed by atoms with Crippen molar-refractivity contribution in [2.75, 3.05) is 0 Å². The minimum Gasteiger partial charge on any atom is -0.327 e. The molecule has 23 heavy (non-hydrogen) atoms. The maximum atomic E-state index is 5.05. The molecule has 0 atom stereocenters. The van der Waals surface area contributed by atoms with Crippen LogP contribution in [0.25, 0.3) is 22.6 Å². The van der Waals surface area contributed by atoms with Crippen molar-refractivity contribution in [3.05, 3.63) is 66.4 Å². The second-order valence-corrected chi connectivity index (χ2v) is 5.86. The molecule has 118 valence electrons. The molecule has 0 radical (unpaired) electrons. The third kappa shape index (κ3) is 3.21. The van der Waals surface area contributed by atoms with Gasteiger partial charge >= 0.3 is 0 Å². The third-order valence-corrected chi connectivity index (χ3v) is 4.09. The smallest absolute Gasteiger partial charge is 0.140 e. The van der Waals surface area contributed by atoms with Crippen LogP contribution in [0.4, 0.5) is 0 Å². The van der Waals surface area contributed by atoms with E-state index in [2.05, 4.69) is 79.1 Å². The normalized spacial score (nSPS) is 10.9. The van der Waals surface area contributed by atoms with Crippen LogP contribution >= 0.6 is 0 Å². The van der Waals surface area contributed by atoms with E-state index in [4.69, 9.17) is 4.98 Å². The standard InChI is InChI=1S/C21H24N2/c1-3-11-19-20(17-12-7-5-8-13-17)22-21(23(19)16-4-2)18-14-9-6-10-15-18/h5-10,12-15H,3-4,11,16H2,1-2H3. The summed E-state index contributed by atoms with van der Waals surface area (Å²) in [6.07, 6.45) is 3.30. The topological polar surface area (TPSA) is 17.8 Å². The maximum absolute atomic E-state index is 5.05. The van der Waals surface area contributed by atoms with Gasteiger partial charge in [0, 0.05) is 23.4 Å². The largest absolute Gasteiger partial charge is 0.327 e. The SMILES string of the molecule is CCCc1c(-c2ccccc2)nc(-c2ccccc2)n1CCC. The molecule has 0 unspecified atom stereocenters. The Labute approximate surface area is 138 Å². The zero-order valence-corrected chi connectivity index (χ0v) is 14.0. The number of hydrogen-bond donors (Lipinski definition) is 0. The molecule has 0 N–H and O–H groups in total. The summed E-state index contributed by atoms with van der Waals surface area (Å²) in [6, 6.07) is 21.1. The fourth-order valence-corrected chi connectivity index (χ4v) is 3.08. The van der Waals surface area contributed by atoms with E-state index in [1.165, 1.54) is 16.8 Å². The Kier molecular flexibility index (Phi) is 4.92. The highest BCUT2D eigenvalue weighted by atomic mass is 15.1. The number of hydrogen-bond acceptors (Lipinski definition) is 1. The minimum atomic E-state index is 1.01. The van der Waals surface area contributed by atoms with Gasteiger partial charge in [0.2, 0.25) is 0 Å². The molecule has 2 heteroatoms. The first-order valence-corrected chi connectivity index (χ1v) is 8.55. The van der Waals surface area contributed by atoms with Gasteiger partial charge in [-0.2, -0.15) is 0 Å². The highest BCUT2D eigenvalue weighted by Gasteiger charge is 2.18. The molecule has 0 aliphatic rings. The van der Waals surface area contributed by atoms with Gasteiger partial charge in [-0.25, -0.2) is 4.98 Å². The molecule has 0 spiro atoms. The molecular weight excluding hydrogens is 280 g/mol. The second kappa shape index (κ2) is 7.28. The van der Waals surface area contributed by atoms with Crippen molar-refractivity contribution in [2.24, 2.45) is 0 Å². The van der Waals surface area contributed by atoms with Gasteiger partial charge in [-0.05, 0) is 12.8 Å². The highest BCUT2D eigenvalue weighted by Crippen LogP contribution is 2.30. The van der Waals surface area contributed by atoms with Crippen molar-refractivity contribution in [1.82, 2.24) is 9.55 Å². The highest BCUT2D eigenvalue weighted by molar-refractivity contribution is 5.68. The number of benzene rings is 2. The summed E-state index contributed by atoms with van der Waals surface area (Å²) in [6.45, 7) is 5.48. The predicted octanol–water partition coefficient (Wildman–Crippen LogP) is 5.58. The molecule has 0 aliphatic carbocycles. The summed E-state index contributed by atoms with van der Waals surface area (Å²) in [4.78, 5) is 5.05. The van der Waals surface area contributed by atoms with Crippen molar-refractivity contribution < 1.29 is 0 Å². The first-order chi connectivity index (χ1) is 11.3. The summed E-state index contributed by atoms with van der Waals surface area (Å²) in [7, 11) is 0. The van der Waals surface area contributed by atoms with Crippen LogP contribution < -0.4 is 0 Å². The van der Waals surface area contributed by atoms with Crippen LogP contribution in [0.1, 0.15) is 32.4 Å². The van der Waals surface area contributed by atoms with Gasteiger partial charge in [0.25, 0.3) is 0 Å². The van der Waals surface area contributed by atoms with Crippen molar-refractivity contribution in [1.29, 1.82) is 0 Å². The van der Waals surface area contributed by atoms with Crippen molar-refractivity contribution in [2.45, 2.75) is 39.7 Å². The van der Waals surface area contributed by atoms with E-state index in [9.17, 15) is 0 Å². The molecule has 0 saturated heterocycles. The quantitative estimate of drug-likeness (QED) is 0.581. The second-order valence-electron chi connectivity index (χ2n) is 5.86. The number of aromatic nitrogens is 2. The van der Waals surface area contributed by atoms with Crippen LogP contribution in [0.15, 0.2) is 60.7 Å². The predicted molar refractivity (Wildman–Crippen MR) is 97.4 cm³/mol. The summed E-state index contributed by atoms with van der Waals surface area (Å²) in [5.41, 5.74) is 4.91. The van der Waals surface area contributed by atoms with Gasteiger partial charge in [0.05, 0.1) is 5.69 Å². The number of rotatable bonds is 6. The third-order valence-electron chi connectivity index (χ3n) is 4.09. The fourth-order valence-electron chi connectivity index (χ4n) is 3.08. The fraction of sp³-hybridized carbons (Fsp3) is 0.286. The molecule has 1 aromatic heterocycles. The molecular formula is C21H24N2. The van der Waals surface area contributed by atoms with Crippen molar-refractivity contribution in [3.8, 4) is 22.6 Å². The number of imidazole rings is 1. The molecule has 0 amide bonds. The van der Waals surface area contributed by atoms with Crippen LogP contribution in [0, 0.1) is 0 Å². The van der Waals surface area contributed by atoms with Crippen molar-refractivity contribution in [3.63, 3.8) is 0 Å². The van der Waals surface area contributed by atoms with Gasteiger partial charge in [0.1, 0.15) is 5.82 Å². The van der Waals surface area contributed by atoms with Gasteiger partial charge in [-0.15, -0.1) is 0 Å². The Bertz CT molecular complexity index is 678. The zero-order valence-electron chi connectivity index (χ0n) is 14.0. The lowest BCUT2D eigenvalue weighted by Crippen LogP contribution is -2.05. The molecule has 0 aliphatic heterocycles. The molecule has 2 aromatic carbocycles. The average Bonchev–Trinajstić information content (AvgIpc) is 2.96. The molecule has 0 bridgehead atoms. The molecule has 2 nitrogen and oxygen atoms in total. The van der Waals surface area contributed by atoms with E-state index < -0.39 is 0 Å². The summed E-state index contributed by atoms with van der Waals surface area (Å²) in [5.74, 6) is 1.09. The summed E-state index contributed by atoms with van der Waals surface area (Å²) < 4.78 is 2.42. The Morgan fingerprint density at radius 2 is 1.39 bits per heavy atom. The molecule has 0 fully saturated rings. The molecule has 1 heterocycles. The lowest BCUT2D eigenvalue weighted by Gasteiger charge is -2.11. The number of nitrogens with zero attached hydrogens (tertiary/aromatic N) is 2. The van der Waals surface area contributed by atoms with E-state index >= 15 is 0 Å². The Balaban J connectivity index is 2.20. The first-order valence-electron chi connectivity index (χ1n) is 8.55. The van der Waals surface area contributed by atoms with E-state index in [0.29, 0.717) is 0 Å². The monoisotopic (exact) mass is 304 g/mol. The lowest BCUT2D eigenvalue weighted by atomic mass is 10.1. The van der Waals surface area contributed by atoms with Crippen LogP contribution in [0.3, 0.4) is 0 Å². The van der Waals surface area contributed by atoms with Crippen LogP contribution in [-0.2, 0) is 13.0 Å². The minimum absolute atomic E-state index is 1.01.